The zero-order valence-corrected chi connectivity index (χ0v) is 15.5. The molecule has 1 aliphatic rings. The van der Waals surface area contributed by atoms with Gasteiger partial charge in [-0.15, -0.1) is 5.10 Å². The smallest absolute Gasteiger partial charge is 0.252 e. The van der Waals surface area contributed by atoms with Gasteiger partial charge in [-0.3, -0.25) is 4.79 Å². The molecule has 0 spiro atoms. The van der Waals surface area contributed by atoms with Crippen LogP contribution in [-0.2, 0) is 4.79 Å². The first-order chi connectivity index (χ1) is 13.7. The second kappa shape index (κ2) is 6.66. The van der Waals surface area contributed by atoms with E-state index in [0.717, 1.165) is 36.1 Å². The van der Waals surface area contributed by atoms with E-state index < -0.39 is 6.04 Å². The lowest BCUT2D eigenvalue weighted by atomic mass is 9.94. The summed E-state index contributed by atoms with van der Waals surface area (Å²) in [5.74, 6) is 0.845. The molecule has 0 radical (unpaired) electrons. The molecule has 3 aromatic heterocycles. The highest BCUT2D eigenvalue weighted by Crippen LogP contribution is 2.28. The van der Waals surface area contributed by atoms with Crippen molar-refractivity contribution in [2.75, 3.05) is 13.1 Å². The summed E-state index contributed by atoms with van der Waals surface area (Å²) in [5, 5.41) is 12.7. The maximum absolute atomic E-state index is 13.2. The predicted molar refractivity (Wildman–Crippen MR) is 102 cm³/mol. The van der Waals surface area contributed by atoms with E-state index in [1.54, 1.807) is 15.4 Å². The normalized spacial score (nSPS) is 18.6. The van der Waals surface area contributed by atoms with E-state index in [-0.39, 0.29) is 11.8 Å². The Morgan fingerprint density at radius 2 is 2.11 bits per heavy atom. The lowest BCUT2D eigenvalue weighted by Gasteiger charge is -2.34. The molecule has 28 heavy (non-hydrogen) atoms. The van der Waals surface area contributed by atoms with Gasteiger partial charge < -0.3 is 4.90 Å². The Kier molecular flexibility index (Phi) is 4.00. The zero-order chi connectivity index (χ0) is 19.1. The van der Waals surface area contributed by atoms with Crippen LogP contribution in [0.1, 0.15) is 37.4 Å². The fourth-order valence-corrected chi connectivity index (χ4v) is 4.03. The third kappa shape index (κ3) is 2.70. The van der Waals surface area contributed by atoms with Crippen molar-refractivity contribution in [1.29, 1.82) is 0 Å². The van der Waals surface area contributed by atoms with Gasteiger partial charge in [0.05, 0.1) is 11.2 Å². The minimum atomic E-state index is -0.407. The fourth-order valence-electron chi connectivity index (χ4n) is 4.03. The molecule has 1 fully saturated rings. The summed E-state index contributed by atoms with van der Waals surface area (Å²) in [6.07, 6.45) is 5.21. The molecule has 0 unspecified atom stereocenters. The summed E-state index contributed by atoms with van der Waals surface area (Å²) < 4.78 is 3.48. The maximum atomic E-state index is 13.2. The summed E-state index contributed by atoms with van der Waals surface area (Å²) in [5.41, 5.74) is 2.71. The molecule has 2 atom stereocenters. The van der Waals surface area contributed by atoms with Crippen molar-refractivity contribution in [3.8, 4) is 0 Å². The number of aromatic nitrogens is 7. The van der Waals surface area contributed by atoms with Crippen LogP contribution in [0.2, 0.25) is 0 Å². The second-order valence-electron chi connectivity index (χ2n) is 7.16. The van der Waals surface area contributed by atoms with E-state index in [4.69, 9.17) is 0 Å². The molecule has 1 aromatic carbocycles. The van der Waals surface area contributed by atoms with Gasteiger partial charge in [0.1, 0.15) is 17.9 Å². The maximum Gasteiger partial charge on any atom is 0.252 e. The van der Waals surface area contributed by atoms with Gasteiger partial charge in [-0.2, -0.15) is 10.1 Å². The topological polar surface area (TPSA) is 94.1 Å². The molecule has 9 heteroatoms. The summed E-state index contributed by atoms with van der Waals surface area (Å²) >= 11 is 0. The minimum Gasteiger partial charge on any atom is -0.340 e. The molecule has 4 aromatic rings. The van der Waals surface area contributed by atoms with Crippen molar-refractivity contribution in [3.63, 3.8) is 0 Å². The van der Waals surface area contributed by atoms with E-state index in [0.29, 0.717) is 12.3 Å². The number of carbonyl (C=O) groups excluding carboxylic acids is 1. The summed E-state index contributed by atoms with van der Waals surface area (Å²) in [4.78, 5) is 23.5. The first kappa shape index (κ1) is 16.8. The van der Waals surface area contributed by atoms with Crippen molar-refractivity contribution in [2.45, 2.75) is 31.7 Å². The molecule has 1 aliphatic heterocycles. The van der Waals surface area contributed by atoms with Crippen molar-refractivity contribution in [2.24, 2.45) is 0 Å². The number of rotatable bonds is 3. The number of hydrogen-bond acceptors (Lipinski definition) is 6. The Hall–Kier alpha value is -3.36. The van der Waals surface area contributed by atoms with Crippen LogP contribution in [0.15, 0.2) is 42.9 Å². The van der Waals surface area contributed by atoms with Gasteiger partial charge >= 0.3 is 0 Å². The average Bonchev–Trinajstić information content (AvgIpc) is 3.39. The first-order valence-corrected chi connectivity index (χ1v) is 9.46. The Bertz CT molecular complexity index is 1150. The lowest BCUT2D eigenvalue weighted by molar-refractivity contribution is -0.135. The van der Waals surface area contributed by atoms with Gasteiger partial charge in [-0.25, -0.2) is 14.2 Å². The molecule has 1 saturated heterocycles. The van der Waals surface area contributed by atoms with Crippen LogP contribution in [0, 0.1) is 0 Å². The van der Waals surface area contributed by atoms with E-state index in [9.17, 15) is 4.79 Å². The number of amides is 1. The Balaban J connectivity index is 1.40. The van der Waals surface area contributed by atoms with E-state index >= 15 is 0 Å². The molecular weight excluding hydrogens is 356 g/mol. The summed E-state index contributed by atoms with van der Waals surface area (Å²) in [6.45, 7) is 3.28. The number of fused-ring (bicyclic) bond motifs is 2. The summed E-state index contributed by atoms with van der Waals surface area (Å²) in [7, 11) is 0. The molecule has 5 rings (SSSR count). The van der Waals surface area contributed by atoms with Crippen LogP contribution < -0.4 is 0 Å². The highest BCUT2D eigenvalue weighted by atomic mass is 16.2. The molecule has 1 amide bonds. The van der Waals surface area contributed by atoms with Crippen LogP contribution in [0.5, 0.6) is 0 Å². The monoisotopic (exact) mass is 376 g/mol. The number of carbonyl (C=O) groups is 1. The molecule has 142 valence electrons. The van der Waals surface area contributed by atoms with Gasteiger partial charge in [0.15, 0.2) is 0 Å². The highest BCUT2D eigenvalue weighted by molar-refractivity contribution is 5.83. The van der Waals surface area contributed by atoms with Crippen LogP contribution in [-0.4, -0.2) is 58.5 Å². The Labute approximate surface area is 161 Å². The van der Waals surface area contributed by atoms with Crippen molar-refractivity contribution in [3.05, 3.63) is 48.5 Å². The second-order valence-corrected chi connectivity index (χ2v) is 7.16. The molecule has 9 nitrogen and oxygen atoms in total. The minimum absolute atomic E-state index is 0.0595. The highest BCUT2D eigenvalue weighted by Gasteiger charge is 2.30. The SMILES string of the molecule is C[C@@H](C(=O)N1CCC[C@@H](c2ccnc3ncnn23)C1)n1nnc2ccccc21. The van der Waals surface area contributed by atoms with Crippen LogP contribution in [0.25, 0.3) is 16.8 Å². The van der Waals surface area contributed by atoms with Gasteiger partial charge in [-0.1, -0.05) is 17.3 Å². The Morgan fingerprint density at radius 1 is 1.21 bits per heavy atom. The van der Waals surface area contributed by atoms with Crippen LogP contribution >= 0.6 is 0 Å². The average molecular weight is 376 g/mol. The Morgan fingerprint density at radius 3 is 3.04 bits per heavy atom. The van der Waals surface area contributed by atoms with E-state index in [1.807, 2.05) is 42.2 Å². The van der Waals surface area contributed by atoms with Crippen molar-refractivity contribution >= 4 is 22.7 Å². The van der Waals surface area contributed by atoms with E-state index in [2.05, 4.69) is 25.4 Å². The molecule has 4 heterocycles. The number of piperidine rings is 1. The third-order valence-electron chi connectivity index (χ3n) is 5.46. The number of para-hydroxylation sites is 1. The first-order valence-electron chi connectivity index (χ1n) is 9.46. The standard InChI is InChI=1S/C19H20N8O/c1-13(26-17-7-3-2-6-15(17)23-24-26)18(28)25-10-4-5-14(11-25)16-8-9-20-19-21-12-22-27(16)19/h2-3,6-9,12-14H,4-5,10-11H2,1H3/t13-,14+/m0/s1. The molecule has 0 bridgehead atoms. The largest absolute Gasteiger partial charge is 0.340 e. The van der Waals surface area contributed by atoms with Crippen molar-refractivity contribution in [1.82, 2.24) is 39.5 Å². The predicted octanol–water partition coefficient (Wildman–Crippen LogP) is 1.84. The molecule has 0 N–H and O–H groups in total. The number of benzene rings is 1. The van der Waals surface area contributed by atoms with E-state index in [1.165, 1.54) is 6.33 Å². The third-order valence-corrected chi connectivity index (χ3v) is 5.46. The number of hydrogen-bond donors (Lipinski definition) is 0. The molecular formula is C19H20N8O. The number of nitrogens with zero attached hydrogens (tertiary/aromatic N) is 8. The molecule has 0 aliphatic carbocycles. The van der Waals surface area contributed by atoms with Crippen LogP contribution in [0.4, 0.5) is 0 Å². The van der Waals surface area contributed by atoms with Gasteiger partial charge in [0.2, 0.25) is 5.91 Å². The molecule has 0 saturated carbocycles. The zero-order valence-electron chi connectivity index (χ0n) is 15.5. The fraction of sp³-hybridized carbons (Fsp3) is 0.368. The van der Waals surface area contributed by atoms with Gasteiger partial charge in [-0.05, 0) is 38.0 Å². The quantitative estimate of drug-likeness (QED) is 0.541. The summed E-state index contributed by atoms with van der Waals surface area (Å²) in [6, 6.07) is 9.26. The van der Waals surface area contributed by atoms with Gasteiger partial charge in [0.25, 0.3) is 5.78 Å². The lowest BCUT2D eigenvalue weighted by Crippen LogP contribution is -2.42. The van der Waals surface area contributed by atoms with Gasteiger partial charge in [0, 0.05) is 25.2 Å². The van der Waals surface area contributed by atoms with Crippen molar-refractivity contribution < 1.29 is 4.79 Å². The number of likely N-dealkylation sites (tertiary alicyclic amines) is 1. The van der Waals surface area contributed by atoms with Crippen LogP contribution in [0.3, 0.4) is 0 Å².